The zero-order chi connectivity index (χ0) is 13.1. The van der Waals surface area contributed by atoms with Gasteiger partial charge in [-0.05, 0) is 44.1 Å². The lowest BCUT2D eigenvalue weighted by atomic mass is 10.2. The number of hydrogen-bond donors (Lipinski definition) is 1. The van der Waals surface area contributed by atoms with Gasteiger partial charge in [-0.2, -0.15) is 0 Å². The summed E-state index contributed by atoms with van der Waals surface area (Å²) in [6, 6.07) is 5.76. The number of hydrogen-bond acceptors (Lipinski definition) is 5. The van der Waals surface area contributed by atoms with Gasteiger partial charge in [0.2, 0.25) is 0 Å². The lowest BCUT2D eigenvalue weighted by Crippen LogP contribution is -2.25. The maximum Gasteiger partial charge on any atom is 0.134 e. The molecule has 1 aromatic carbocycles. The van der Waals surface area contributed by atoms with Gasteiger partial charge in [-0.1, -0.05) is 0 Å². The molecule has 0 radical (unpaired) electrons. The van der Waals surface area contributed by atoms with Gasteiger partial charge in [-0.3, -0.25) is 4.90 Å². The van der Waals surface area contributed by atoms with Gasteiger partial charge in [-0.15, -0.1) is 0 Å². The first-order chi connectivity index (χ1) is 9.33. The average Bonchev–Trinajstić information content (AvgIpc) is 2.93. The quantitative estimate of drug-likeness (QED) is 0.904. The normalized spacial score (nSPS) is 16.0. The monoisotopic (exact) mass is 258 g/mol. The van der Waals surface area contributed by atoms with E-state index in [2.05, 4.69) is 14.9 Å². The number of fused-ring (bicyclic) bond motifs is 1. The first-order valence-electron chi connectivity index (χ1n) is 6.68. The molecule has 5 nitrogen and oxygen atoms in total. The van der Waals surface area contributed by atoms with Crippen LogP contribution < -0.4 is 10.5 Å². The molecule has 2 N–H and O–H groups in total. The maximum atomic E-state index is 5.84. The van der Waals surface area contributed by atoms with Crippen molar-refractivity contribution >= 4 is 16.7 Å². The standard InChI is InChI=1S/C14H18N4O/c15-14-12-9-11(3-4-13(12)16-10-17-14)19-8-7-18-5-1-2-6-18/h3-4,9-10H,1-2,5-8H2,(H2,15,16,17). The summed E-state index contributed by atoms with van der Waals surface area (Å²) in [4.78, 5) is 10.6. The molecule has 100 valence electrons. The fraction of sp³-hybridized carbons (Fsp3) is 0.429. The molecule has 1 aromatic heterocycles. The van der Waals surface area contributed by atoms with E-state index in [1.165, 1.54) is 32.3 Å². The molecule has 1 fully saturated rings. The van der Waals surface area contributed by atoms with Gasteiger partial charge in [0.15, 0.2) is 0 Å². The van der Waals surface area contributed by atoms with Crippen LogP contribution in [-0.2, 0) is 0 Å². The topological polar surface area (TPSA) is 64.3 Å². The molecule has 0 amide bonds. The molecule has 1 aliphatic rings. The smallest absolute Gasteiger partial charge is 0.134 e. The van der Waals surface area contributed by atoms with Crippen LogP contribution in [-0.4, -0.2) is 41.1 Å². The molecule has 0 atom stereocenters. The largest absolute Gasteiger partial charge is 0.492 e. The van der Waals surface area contributed by atoms with Gasteiger partial charge in [0.25, 0.3) is 0 Å². The van der Waals surface area contributed by atoms with E-state index in [0.29, 0.717) is 12.4 Å². The Hall–Kier alpha value is -1.88. The summed E-state index contributed by atoms with van der Waals surface area (Å²) in [5.41, 5.74) is 6.69. The molecule has 0 bridgehead atoms. The van der Waals surface area contributed by atoms with E-state index in [4.69, 9.17) is 10.5 Å². The van der Waals surface area contributed by atoms with Gasteiger partial charge in [-0.25, -0.2) is 9.97 Å². The van der Waals surface area contributed by atoms with Gasteiger partial charge >= 0.3 is 0 Å². The Morgan fingerprint density at radius 3 is 2.89 bits per heavy atom. The molecule has 2 aromatic rings. The summed E-state index contributed by atoms with van der Waals surface area (Å²) in [5, 5.41) is 0.848. The lowest BCUT2D eigenvalue weighted by molar-refractivity contribution is 0.238. The van der Waals surface area contributed by atoms with Crippen LogP contribution in [0.3, 0.4) is 0 Å². The van der Waals surface area contributed by atoms with Crippen molar-refractivity contribution in [2.24, 2.45) is 0 Å². The van der Waals surface area contributed by atoms with Gasteiger partial charge in [0.05, 0.1) is 5.52 Å². The third-order valence-electron chi connectivity index (χ3n) is 3.51. The molecule has 0 aliphatic carbocycles. The van der Waals surface area contributed by atoms with Crippen LogP contribution in [0.1, 0.15) is 12.8 Å². The van der Waals surface area contributed by atoms with Gasteiger partial charge in [0.1, 0.15) is 24.5 Å². The maximum absolute atomic E-state index is 5.84. The molecule has 19 heavy (non-hydrogen) atoms. The van der Waals surface area contributed by atoms with Crippen molar-refractivity contribution in [3.63, 3.8) is 0 Å². The fourth-order valence-corrected chi connectivity index (χ4v) is 2.44. The minimum Gasteiger partial charge on any atom is -0.492 e. The van der Waals surface area contributed by atoms with Crippen molar-refractivity contribution in [3.8, 4) is 5.75 Å². The van der Waals surface area contributed by atoms with Crippen LogP contribution in [0.15, 0.2) is 24.5 Å². The van der Waals surface area contributed by atoms with E-state index < -0.39 is 0 Å². The molecule has 0 saturated carbocycles. The number of benzene rings is 1. The second-order valence-electron chi connectivity index (χ2n) is 4.84. The van der Waals surface area contributed by atoms with Crippen molar-refractivity contribution in [2.45, 2.75) is 12.8 Å². The first kappa shape index (κ1) is 12.2. The Bertz CT molecular complexity index is 566. The van der Waals surface area contributed by atoms with Crippen molar-refractivity contribution in [3.05, 3.63) is 24.5 Å². The molecule has 1 aliphatic heterocycles. The number of rotatable bonds is 4. The molecular formula is C14H18N4O. The number of aromatic nitrogens is 2. The van der Waals surface area contributed by atoms with Crippen LogP contribution in [0.2, 0.25) is 0 Å². The molecule has 3 rings (SSSR count). The summed E-state index contributed by atoms with van der Waals surface area (Å²) >= 11 is 0. The zero-order valence-electron chi connectivity index (χ0n) is 10.9. The summed E-state index contributed by atoms with van der Waals surface area (Å²) in [7, 11) is 0. The Balaban J connectivity index is 1.65. The highest BCUT2D eigenvalue weighted by Gasteiger charge is 2.11. The van der Waals surface area contributed by atoms with Crippen molar-refractivity contribution in [2.75, 3.05) is 32.0 Å². The SMILES string of the molecule is Nc1ncnc2ccc(OCCN3CCCC3)cc12. The molecule has 2 heterocycles. The third-order valence-corrected chi connectivity index (χ3v) is 3.51. The van der Waals surface area contributed by atoms with E-state index >= 15 is 0 Å². The van der Waals surface area contributed by atoms with Crippen molar-refractivity contribution in [1.29, 1.82) is 0 Å². The van der Waals surface area contributed by atoms with Crippen LogP contribution >= 0.6 is 0 Å². The van der Waals surface area contributed by atoms with Gasteiger partial charge in [0, 0.05) is 11.9 Å². The minimum absolute atomic E-state index is 0.495. The second kappa shape index (κ2) is 5.40. The predicted octanol–water partition coefficient (Wildman–Crippen LogP) is 1.69. The van der Waals surface area contributed by atoms with E-state index in [-0.39, 0.29) is 0 Å². The Morgan fingerprint density at radius 1 is 1.21 bits per heavy atom. The van der Waals surface area contributed by atoms with E-state index in [1.807, 2.05) is 18.2 Å². The van der Waals surface area contributed by atoms with E-state index in [1.54, 1.807) is 0 Å². The third kappa shape index (κ3) is 2.76. The highest BCUT2D eigenvalue weighted by atomic mass is 16.5. The predicted molar refractivity (Wildman–Crippen MR) is 75.1 cm³/mol. The van der Waals surface area contributed by atoms with E-state index in [9.17, 15) is 0 Å². The molecular weight excluding hydrogens is 240 g/mol. The molecule has 5 heteroatoms. The first-order valence-corrected chi connectivity index (χ1v) is 6.68. The zero-order valence-corrected chi connectivity index (χ0v) is 10.9. The molecule has 1 saturated heterocycles. The van der Waals surface area contributed by atoms with E-state index in [0.717, 1.165) is 23.2 Å². The van der Waals surface area contributed by atoms with Crippen molar-refractivity contribution < 1.29 is 4.74 Å². The number of anilines is 1. The number of ether oxygens (including phenoxy) is 1. The Kier molecular flexibility index (Phi) is 3.46. The van der Waals surface area contributed by atoms with Crippen LogP contribution in [0.4, 0.5) is 5.82 Å². The minimum atomic E-state index is 0.495. The average molecular weight is 258 g/mol. The van der Waals surface area contributed by atoms with Crippen LogP contribution in [0.25, 0.3) is 10.9 Å². The highest BCUT2D eigenvalue weighted by molar-refractivity contribution is 5.88. The molecule has 0 unspecified atom stereocenters. The fourth-order valence-electron chi connectivity index (χ4n) is 2.44. The van der Waals surface area contributed by atoms with Crippen LogP contribution in [0, 0.1) is 0 Å². The lowest BCUT2D eigenvalue weighted by Gasteiger charge is -2.15. The number of nitrogen functional groups attached to an aromatic ring is 1. The van der Waals surface area contributed by atoms with Gasteiger partial charge < -0.3 is 10.5 Å². The summed E-state index contributed by atoms with van der Waals surface area (Å²) in [6.45, 7) is 4.08. The number of nitrogens with zero attached hydrogens (tertiary/aromatic N) is 3. The Morgan fingerprint density at radius 2 is 2.05 bits per heavy atom. The Labute approximate surface area is 112 Å². The summed E-state index contributed by atoms with van der Waals surface area (Å²) in [5.74, 6) is 1.32. The number of nitrogens with two attached hydrogens (primary N) is 1. The van der Waals surface area contributed by atoms with Crippen LogP contribution in [0.5, 0.6) is 5.75 Å². The number of likely N-dealkylation sites (tertiary alicyclic amines) is 1. The summed E-state index contributed by atoms with van der Waals surface area (Å²) < 4.78 is 5.78. The van der Waals surface area contributed by atoms with Crippen molar-refractivity contribution in [1.82, 2.24) is 14.9 Å². The summed E-state index contributed by atoms with van der Waals surface area (Å²) in [6.07, 6.45) is 4.10. The second-order valence-corrected chi connectivity index (χ2v) is 4.84. The highest BCUT2D eigenvalue weighted by Crippen LogP contribution is 2.22. The molecule has 0 spiro atoms.